The van der Waals surface area contributed by atoms with Gasteiger partial charge in [-0.05, 0) is 12.3 Å². The topological polar surface area (TPSA) is 49.4 Å². The molecule has 0 atom stereocenters. The van der Waals surface area contributed by atoms with Crippen LogP contribution in [0.15, 0.2) is 0 Å². The highest BCUT2D eigenvalue weighted by molar-refractivity contribution is 6.27. The summed E-state index contributed by atoms with van der Waals surface area (Å²) in [6, 6.07) is 0. The normalized spacial score (nSPS) is 15.9. The molecule has 0 spiro atoms. The van der Waals surface area contributed by atoms with Gasteiger partial charge in [0.1, 0.15) is 5.88 Å². The Bertz CT molecular complexity index is 265. The van der Waals surface area contributed by atoms with Crippen molar-refractivity contribution >= 4 is 23.4 Å². The molecule has 1 fully saturated rings. The van der Waals surface area contributed by atoms with Gasteiger partial charge in [0.05, 0.1) is 6.54 Å². The SMILES string of the molecule is CN(CC(=O)NCCC1CCCC1)C(=O)CCl. The van der Waals surface area contributed by atoms with Crippen LogP contribution in [0.4, 0.5) is 0 Å². The fourth-order valence-electron chi connectivity index (χ4n) is 2.18. The predicted molar refractivity (Wildman–Crippen MR) is 67.9 cm³/mol. The van der Waals surface area contributed by atoms with Crippen molar-refractivity contribution in [2.75, 3.05) is 26.0 Å². The number of amides is 2. The fourth-order valence-corrected chi connectivity index (χ4v) is 2.38. The first-order valence-corrected chi connectivity index (χ1v) is 6.73. The van der Waals surface area contributed by atoms with Crippen LogP contribution in [0.3, 0.4) is 0 Å². The van der Waals surface area contributed by atoms with Crippen molar-refractivity contribution < 1.29 is 9.59 Å². The van der Waals surface area contributed by atoms with Gasteiger partial charge in [-0.3, -0.25) is 9.59 Å². The zero-order valence-electron chi connectivity index (χ0n) is 10.4. The van der Waals surface area contributed by atoms with Crippen LogP contribution in [0.25, 0.3) is 0 Å². The van der Waals surface area contributed by atoms with E-state index in [4.69, 9.17) is 11.6 Å². The molecule has 0 saturated heterocycles. The minimum Gasteiger partial charge on any atom is -0.355 e. The van der Waals surface area contributed by atoms with Crippen molar-refractivity contribution in [2.45, 2.75) is 32.1 Å². The van der Waals surface area contributed by atoms with Gasteiger partial charge in [0, 0.05) is 13.6 Å². The lowest BCUT2D eigenvalue weighted by atomic mass is 10.0. The number of carbonyl (C=O) groups is 2. The number of rotatable bonds is 6. The predicted octanol–water partition coefficient (Wildman–Crippen LogP) is 1.38. The highest BCUT2D eigenvalue weighted by atomic mass is 35.5. The van der Waals surface area contributed by atoms with Crippen molar-refractivity contribution in [3.05, 3.63) is 0 Å². The Hall–Kier alpha value is -0.770. The molecule has 1 aliphatic rings. The summed E-state index contributed by atoms with van der Waals surface area (Å²) in [6.45, 7) is 0.808. The lowest BCUT2D eigenvalue weighted by Gasteiger charge is -2.16. The molecule has 0 aliphatic heterocycles. The van der Waals surface area contributed by atoms with Crippen molar-refractivity contribution in [3.63, 3.8) is 0 Å². The molecule has 1 N–H and O–H groups in total. The molecule has 0 aromatic heterocycles. The second kappa shape index (κ2) is 7.54. The van der Waals surface area contributed by atoms with Crippen molar-refractivity contribution in [2.24, 2.45) is 5.92 Å². The molecule has 0 bridgehead atoms. The van der Waals surface area contributed by atoms with Gasteiger partial charge >= 0.3 is 0 Å². The van der Waals surface area contributed by atoms with Crippen LogP contribution >= 0.6 is 11.6 Å². The average Bonchev–Trinajstić information content (AvgIpc) is 2.80. The third kappa shape index (κ3) is 5.39. The molecule has 0 aromatic carbocycles. The smallest absolute Gasteiger partial charge is 0.239 e. The molecule has 0 radical (unpaired) electrons. The molecule has 0 aromatic rings. The zero-order chi connectivity index (χ0) is 12.7. The van der Waals surface area contributed by atoms with Crippen LogP contribution in [0.5, 0.6) is 0 Å². The van der Waals surface area contributed by atoms with E-state index in [0.717, 1.165) is 12.3 Å². The van der Waals surface area contributed by atoms with E-state index in [1.54, 1.807) is 7.05 Å². The van der Waals surface area contributed by atoms with Crippen LogP contribution in [0.1, 0.15) is 32.1 Å². The Labute approximate surface area is 108 Å². The first-order valence-electron chi connectivity index (χ1n) is 6.20. The summed E-state index contributed by atoms with van der Waals surface area (Å²) in [5.74, 6) is 0.366. The van der Waals surface area contributed by atoms with Gasteiger partial charge in [-0.1, -0.05) is 25.7 Å². The lowest BCUT2D eigenvalue weighted by molar-refractivity contribution is -0.132. The van der Waals surface area contributed by atoms with E-state index in [-0.39, 0.29) is 24.2 Å². The maximum atomic E-state index is 11.5. The van der Waals surface area contributed by atoms with E-state index in [2.05, 4.69) is 5.32 Å². The number of nitrogens with one attached hydrogen (secondary N) is 1. The Kier molecular flexibility index (Phi) is 6.34. The van der Waals surface area contributed by atoms with Crippen LogP contribution in [-0.4, -0.2) is 42.7 Å². The molecule has 0 unspecified atom stereocenters. The quantitative estimate of drug-likeness (QED) is 0.734. The molecule has 0 heterocycles. The molecule has 5 heteroatoms. The summed E-state index contributed by atoms with van der Waals surface area (Å²) in [6.07, 6.45) is 6.29. The molecule has 1 saturated carbocycles. The van der Waals surface area contributed by atoms with Crippen molar-refractivity contribution in [1.82, 2.24) is 10.2 Å². The molecular formula is C12H21ClN2O2. The van der Waals surface area contributed by atoms with E-state index >= 15 is 0 Å². The Morgan fingerprint density at radius 3 is 2.59 bits per heavy atom. The monoisotopic (exact) mass is 260 g/mol. The van der Waals surface area contributed by atoms with Gasteiger partial charge in [-0.15, -0.1) is 11.6 Å². The molecule has 2 amide bonds. The van der Waals surface area contributed by atoms with Gasteiger partial charge in [-0.25, -0.2) is 0 Å². The van der Waals surface area contributed by atoms with Gasteiger partial charge in [0.2, 0.25) is 11.8 Å². The number of nitrogens with zero attached hydrogens (tertiary/aromatic N) is 1. The second-order valence-electron chi connectivity index (χ2n) is 4.67. The number of halogens is 1. The van der Waals surface area contributed by atoms with Gasteiger partial charge in [0.15, 0.2) is 0 Å². The molecule has 4 nitrogen and oxygen atoms in total. The fraction of sp³-hybridized carbons (Fsp3) is 0.833. The minimum absolute atomic E-state index is 0.0775. The van der Waals surface area contributed by atoms with Crippen LogP contribution < -0.4 is 5.32 Å². The summed E-state index contributed by atoms with van der Waals surface area (Å²) in [4.78, 5) is 24.0. The van der Waals surface area contributed by atoms with Crippen LogP contribution in [0, 0.1) is 5.92 Å². The van der Waals surface area contributed by atoms with E-state index in [9.17, 15) is 9.59 Å². The Morgan fingerprint density at radius 1 is 1.35 bits per heavy atom. The van der Waals surface area contributed by atoms with Crippen molar-refractivity contribution in [1.29, 1.82) is 0 Å². The maximum absolute atomic E-state index is 11.5. The lowest BCUT2D eigenvalue weighted by Crippen LogP contribution is -2.39. The standard InChI is InChI=1S/C12H21ClN2O2/c1-15(12(17)8-13)9-11(16)14-7-6-10-4-2-3-5-10/h10H,2-9H2,1H3,(H,14,16). The summed E-state index contributed by atoms with van der Waals surface area (Å²) in [5, 5.41) is 2.84. The van der Waals surface area contributed by atoms with Gasteiger partial charge in [0.25, 0.3) is 0 Å². The third-order valence-electron chi connectivity index (χ3n) is 3.27. The summed E-state index contributed by atoms with van der Waals surface area (Å²) >= 11 is 5.40. The second-order valence-corrected chi connectivity index (χ2v) is 4.94. The van der Waals surface area contributed by atoms with Crippen molar-refractivity contribution in [3.8, 4) is 0 Å². The Morgan fingerprint density at radius 2 is 2.00 bits per heavy atom. The largest absolute Gasteiger partial charge is 0.355 e. The highest BCUT2D eigenvalue weighted by Gasteiger charge is 2.15. The van der Waals surface area contributed by atoms with E-state index in [1.807, 2.05) is 0 Å². The van der Waals surface area contributed by atoms with Gasteiger partial charge < -0.3 is 10.2 Å². The van der Waals surface area contributed by atoms with E-state index in [1.165, 1.54) is 30.6 Å². The number of carbonyl (C=O) groups excluding carboxylic acids is 2. The summed E-state index contributed by atoms with van der Waals surface area (Å²) < 4.78 is 0. The Balaban J connectivity index is 2.10. The molecule has 1 aliphatic carbocycles. The minimum atomic E-state index is -0.224. The first kappa shape index (κ1) is 14.3. The average molecular weight is 261 g/mol. The summed E-state index contributed by atoms with van der Waals surface area (Å²) in [7, 11) is 1.58. The third-order valence-corrected chi connectivity index (χ3v) is 3.50. The molecule has 17 heavy (non-hydrogen) atoms. The maximum Gasteiger partial charge on any atom is 0.239 e. The van der Waals surface area contributed by atoms with E-state index < -0.39 is 0 Å². The van der Waals surface area contributed by atoms with Crippen LogP contribution in [0.2, 0.25) is 0 Å². The van der Waals surface area contributed by atoms with E-state index in [0.29, 0.717) is 6.54 Å². The molecule has 1 rings (SSSR count). The molecular weight excluding hydrogens is 240 g/mol. The zero-order valence-corrected chi connectivity index (χ0v) is 11.1. The molecule has 98 valence electrons. The number of hydrogen-bond donors (Lipinski definition) is 1. The highest BCUT2D eigenvalue weighted by Crippen LogP contribution is 2.26. The first-order chi connectivity index (χ1) is 8.13. The summed E-state index contributed by atoms with van der Waals surface area (Å²) in [5.41, 5.74) is 0. The number of alkyl halides is 1. The van der Waals surface area contributed by atoms with Gasteiger partial charge in [-0.2, -0.15) is 0 Å². The number of hydrogen-bond acceptors (Lipinski definition) is 2. The van der Waals surface area contributed by atoms with Crippen LogP contribution in [-0.2, 0) is 9.59 Å². The number of likely N-dealkylation sites (N-methyl/N-ethyl adjacent to an activating group) is 1.